The third-order valence-electron chi connectivity index (χ3n) is 5.23. The summed E-state index contributed by atoms with van der Waals surface area (Å²) in [7, 11) is 0. The van der Waals surface area contributed by atoms with Crippen LogP contribution in [0.3, 0.4) is 0 Å². The SMILES string of the molecule is O=C1C(=O)N(CCCn2ccnc2)[C@H](c2ccccc2Cl)C1=C(O)c1ccc(Br)cc1. The number of halogens is 2. The summed E-state index contributed by atoms with van der Waals surface area (Å²) in [4.78, 5) is 31.5. The number of aliphatic hydroxyl groups is 1. The molecular weight excluding hydrogens is 482 g/mol. The minimum absolute atomic E-state index is 0.0445. The standard InChI is InChI=1S/C23H19BrClN3O3/c24-16-8-6-15(7-9-16)21(29)19-20(17-4-1-2-5-18(17)25)28(23(31)22(19)30)12-3-11-27-13-10-26-14-27/h1-2,4-10,13-14,20,29H,3,11-12H2/t20-/m1/s1. The number of imidazole rings is 1. The van der Waals surface area contributed by atoms with Crippen molar-refractivity contribution in [2.75, 3.05) is 6.54 Å². The number of likely N-dealkylation sites (tertiary alicyclic amines) is 1. The van der Waals surface area contributed by atoms with Crippen LogP contribution in [0.2, 0.25) is 5.02 Å². The molecule has 2 aromatic carbocycles. The van der Waals surface area contributed by atoms with Gasteiger partial charge >= 0.3 is 0 Å². The summed E-state index contributed by atoms with van der Waals surface area (Å²) >= 11 is 9.81. The smallest absolute Gasteiger partial charge is 0.295 e. The van der Waals surface area contributed by atoms with E-state index in [9.17, 15) is 14.7 Å². The van der Waals surface area contributed by atoms with Crippen LogP contribution in [-0.4, -0.2) is 37.8 Å². The molecule has 158 valence electrons. The van der Waals surface area contributed by atoms with Gasteiger partial charge in [-0.25, -0.2) is 4.98 Å². The fraction of sp³-hybridized carbons (Fsp3) is 0.174. The monoisotopic (exact) mass is 499 g/mol. The molecule has 4 rings (SSSR count). The van der Waals surface area contributed by atoms with Gasteiger partial charge in [-0.1, -0.05) is 57.9 Å². The first kappa shape index (κ1) is 21.3. The summed E-state index contributed by atoms with van der Waals surface area (Å²) in [6, 6.07) is 13.2. The molecule has 1 fully saturated rings. The Kier molecular flexibility index (Phi) is 6.25. The maximum absolute atomic E-state index is 13.0. The summed E-state index contributed by atoms with van der Waals surface area (Å²) in [5, 5.41) is 11.5. The molecule has 1 saturated heterocycles. The van der Waals surface area contributed by atoms with Crippen molar-refractivity contribution in [3.05, 3.63) is 93.4 Å². The lowest BCUT2D eigenvalue weighted by atomic mass is 9.95. The first-order valence-corrected chi connectivity index (χ1v) is 10.9. The second kappa shape index (κ2) is 9.08. The van der Waals surface area contributed by atoms with E-state index in [0.717, 1.165) is 4.47 Å². The second-order valence-electron chi connectivity index (χ2n) is 7.17. The number of aromatic nitrogens is 2. The van der Waals surface area contributed by atoms with Gasteiger partial charge in [0.05, 0.1) is 17.9 Å². The highest BCUT2D eigenvalue weighted by atomic mass is 79.9. The Morgan fingerprint density at radius 3 is 2.52 bits per heavy atom. The minimum atomic E-state index is -0.764. The molecule has 0 radical (unpaired) electrons. The van der Waals surface area contributed by atoms with E-state index in [-0.39, 0.29) is 11.3 Å². The average Bonchev–Trinajstić information content (AvgIpc) is 3.36. The highest BCUT2D eigenvalue weighted by molar-refractivity contribution is 9.10. The molecule has 0 saturated carbocycles. The molecule has 31 heavy (non-hydrogen) atoms. The Bertz CT molecular complexity index is 1140. The van der Waals surface area contributed by atoms with Crippen LogP contribution < -0.4 is 0 Å². The number of carbonyl (C=O) groups is 2. The van der Waals surface area contributed by atoms with Crippen LogP contribution in [0.5, 0.6) is 0 Å². The molecule has 1 atom stereocenters. The molecule has 0 aliphatic carbocycles. The van der Waals surface area contributed by atoms with Crippen LogP contribution >= 0.6 is 27.5 Å². The topological polar surface area (TPSA) is 75.4 Å². The molecule has 0 spiro atoms. The van der Waals surface area contributed by atoms with Crippen molar-refractivity contribution in [1.82, 2.24) is 14.5 Å². The van der Waals surface area contributed by atoms with Gasteiger partial charge in [0.1, 0.15) is 5.76 Å². The number of aliphatic hydroxyl groups excluding tert-OH is 1. The number of Topliss-reactive ketones (excluding diaryl/α,β-unsaturated/α-hetero) is 1. The van der Waals surface area contributed by atoms with Gasteiger partial charge in [0, 0.05) is 40.5 Å². The zero-order valence-corrected chi connectivity index (χ0v) is 18.8. The van der Waals surface area contributed by atoms with Crippen molar-refractivity contribution >= 4 is 45.0 Å². The van der Waals surface area contributed by atoms with E-state index >= 15 is 0 Å². The lowest BCUT2D eigenvalue weighted by molar-refractivity contribution is -0.139. The van der Waals surface area contributed by atoms with E-state index in [1.54, 1.807) is 61.1 Å². The van der Waals surface area contributed by atoms with Crippen LogP contribution in [0.25, 0.3) is 5.76 Å². The van der Waals surface area contributed by atoms with Gasteiger partial charge < -0.3 is 14.6 Å². The molecular formula is C23H19BrClN3O3. The number of ketones is 1. The van der Waals surface area contributed by atoms with Crippen molar-refractivity contribution in [1.29, 1.82) is 0 Å². The maximum Gasteiger partial charge on any atom is 0.295 e. The Morgan fingerprint density at radius 2 is 1.84 bits per heavy atom. The maximum atomic E-state index is 13.0. The number of hydrogen-bond acceptors (Lipinski definition) is 4. The van der Waals surface area contributed by atoms with E-state index in [4.69, 9.17) is 11.6 Å². The molecule has 1 amide bonds. The van der Waals surface area contributed by atoms with Gasteiger partial charge in [-0.05, 0) is 30.2 Å². The summed E-state index contributed by atoms with van der Waals surface area (Å²) in [5.74, 6) is -1.57. The predicted octanol–water partition coefficient (Wildman–Crippen LogP) is 4.81. The van der Waals surface area contributed by atoms with Gasteiger partial charge in [0.25, 0.3) is 11.7 Å². The zero-order valence-electron chi connectivity index (χ0n) is 16.4. The quantitative estimate of drug-likeness (QED) is 0.299. The number of amides is 1. The van der Waals surface area contributed by atoms with Crippen molar-refractivity contribution in [3.8, 4) is 0 Å². The van der Waals surface area contributed by atoms with E-state index in [1.165, 1.54) is 4.90 Å². The predicted molar refractivity (Wildman–Crippen MR) is 121 cm³/mol. The first-order chi connectivity index (χ1) is 15.0. The number of rotatable bonds is 6. The summed E-state index contributed by atoms with van der Waals surface area (Å²) < 4.78 is 2.75. The number of hydrogen-bond donors (Lipinski definition) is 1. The summed E-state index contributed by atoms with van der Waals surface area (Å²) in [6.45, 7) is 0.973. The minimum Gasteiger partial charge on any atom is -0.507 e. The fourth-order valence-corrected chi connectivity index (χ4v) is 4.24. The highest BCUT2D eigenvalue weighted by Gasteiger charge is 2.46. The Labute approximate surface area is 192 Å². The normalized spacial score (nSPS) is 18.0. The van der Waals surface area contributed by atoms with Crippen LogP contribution in [0, 0.1) is 0 Å². The molecule has 0 unspecified atom stereocenters. The van der Waals surface area contributed by atoms with Gasteiger partial charge in [-0.15, -0.1) is 0 Å². The summed E-state index contributed by atoms with van der Waals surface area (Å²) in [6.07, 6.45) is 5.84. The van der Waals surface area contributed by atoms with Crippen molar-refractivity contribution in [2.45, 2.75) is 19.0 Å². The average molecular weight is 501 g/mol. The summed E-state index contributed by atoms with van der Waals surface area (Å²) in [5.41, 5.74) is 1.10. The third kappa shape index (κ3) is 4.29. The van der Waals surface area contributed by atoms with Crippen LogP contribution in [0.4, 0.5) is 0 Å². The molecule has 8 heteroatoms. The number of aryl methyl sites for hydroxylation is 1. The number of benzene rings is 2. The highest BCUT2D eigenvalue weighted by Crippen LogP contribution is 2.41. The molecule has 6 nitrogen and oxygen atoms in total. The van der Waals surface area contributed by atoms with Crippen molar-refractivity contribution < 1.29 is 14.7 Å². The van der Waals surface area contributed by atoms with E-state index in [2.05, 4.69) is 20.9 Å². The zero-order chi connectivity index (χ0) is 22.0. The lowest BCUT2D eigenvalue weighted by Gasteiger charge is -2.26. The fourth-order valence-electron chi connectivity index (χ4n) is 3.74. The van der Waals surface area contributed by atoms with Crippen molar-refractivity contribution in [2.24, 2.45) is 0 Å². The Hall–Kier alpha value is -2.90. The molecule has 1 aliphatic heterocycles. The number of carbonyl (C=O) groups excluding carboxylic acids is 2. The molecule has 0 bridgehead atoms. The largest absolute Gasteiger partial charge is 0.507 e. The lowest BCUT2D eigenvalue weighted by Crippen LogP contribution is -2.31. The van der Waals surface area contributed by atoms with Gasteiger partial charge in [0.2, 0.25) is 0 Å². The van der Waals surface area contributed by atoms with Gasteiger partial charge in [-0.2, -0.15) is 0 Å². The van der Waals surface area contributed by atoms with Crippen LogP contribution in [0.15, 0.2) is 77.3 Å². The Balaban J connectivity index is 1.75. The third-order valence-corrected chi connectivity index (χ3v) is 6.10. The molecule has 2 heterocycles. The van der Waals surface area contributed by atoms with Crippen LogP contribution in [-0.2, 0) is 16.1 Å². The molecule has 1 N–H and O–H groups in total. The van der Waals surface area contributed by atoms with E-state index < -0.39 is 17.7 Å². The van der Waals surface area contributed by atoms with Crippen LogP contribution in [0.1, 0.15) is 23.6 Å². The Morgan fingerprint density at radius 1 is 1.10 bits per heavy atom. The first-order valence-electron chi connectivity index (χ1n) is 9.72. The number of nitrogens with zero attached hydrogens (tertiary/aromatic N) is 3. The van der Waals surface area contributed by atoms with Gasteiger partial charge in [0.15, 0.2) is 0 Å². The molecule has 3 aromatic rings. The van der Waals surface area contributed by atoms with E-state index in [0.29, 0.717) is 35.7 Å². The molecule has 1 aromatic heterocycles. The second-order valence-corrected chi connectivity index (χ2v) is 8.50. The molecule has 1 aliphatic rings. The van der Waals surface area contributed by atoms with Gasteiger partial charge in [-0.3, -0.25) is 9.59 Å². The van der Waals surface area contributed by atoms with E-state index in [1.807, 2.05) is 10.8 Å². The van der Waals surface area contributed by atoms with Crippen molar-refractivity contribution in [3.63, 3.8) is 0 Å².